The van der Waals surface area contributed by atoms with Crippen LogP contribution in [0.2, 0.25) is 0 Å². The topological polar surface area (TPSA) is 92.4 Å². The third kappa shape index (κ3) is 3.59. The fraction of sp³-hybridized carbons (Fsp3) is 0.333. The van der Waals surface area contributed by atoms with Gasteiger partial charge in [0, 0.05) is 12.2 Å². The van der Waals surface area contributed by atoms with Gasteiger partial charge in [0.2, 0.25) is 10.0 Å². The Balaban J connectivity index is 2.90. The van der Waals surface area contributed by atoms with Crippen LogP contribution in [0.1, 0.15) is 0 Å². The molecular weight excluding hydrogens is 273 g/mol. The molecule has 0 spiro atoms. The minimum Gasteiger partial charge on any atom is -0.399 e. The lowest BCUT2D eigenvalue weighted by atomic mass is 10.3. The first-order valence-electron chi connectivity index (χ1n) is 4.75. The molecule has 9 heteroatoms. The highest BCUT2D eigenvalue weighted by molar-refractivity contribution is 7.89. The van der Waals surface area contributed by atoms with Crippen LogP contribution in [-0.4, -0.2) is 32.6 Å². The van der Waals surface area contributed by atoms with Crippen molar-refractivity contribution in [3.63, 3.8) is 0 Å². The average molecular weight is 284 g/mol. The van der Waals surface area contributed by atoms with Crippen molar-refractivity contribution in [2.24, 2.45) is 0 Å². The highest BCUT2D eigenvalue weighted by Crippen LogP contribution is 2.17. The van der Waals surface area contributed by atoms with E-state index >= 15 is 0 Å². The van der Waals surface area contributed by atoms with Gasteiger partial charge >= 0.3 is 0 Å². The number of alkyl halides is 2. The Labute approximate surface area is 101 Å². The van der Waals surface area contributed by atoms with Gasteiger partial charge in [0.25, 0.3) is 6.43 Å². The molecule has 1 unspecified atom stereocenters. The summed E-state index contributed by atoms with van der Waals surface area (Å²) in [6, 6.07) is 2.85. The molecule has 1 rings (SSSR count). The summed E-state index contributed by atoms with van der Waals surface area (Å²) in [4.78, 5) is -0.760. The summed E-state index contributed by atoms with van der Waals surface area (Å²) in [7, 11) is -4.34. The number of rotatable bonds is 5. The number of hydrogen-bond acceptors (Lipinski definition) is 4. The molecule has 4 N–H and O–H groups in total. The molecule has 18 heavy (non-hydrogen) atoms. The van der Waals surface area contributed by atoms with Crippen molar-refractivity contribution in [1.29, 1.82) is 0 Å². The first-order chi connectivity index (χ1) is 8.24. The first kappa shape index (κ1) is 14.7. The molecule has 0 radical (unpaired) electrons. The molecule has 0 fully saturated rings. The number of benzene rings is 1. The van der Waals surface area contributed by atoms with Gasteiger partial charge in [-0.2, -0.15) is 0 Å². The maximum absolute atomic E-state index is 13.3. The van der Waals surface area contributed by atoms with Gasteiger partial charge in [0.05, 0.1) is 0 Å². The zero-order valence-corrected chi connectivity index (χ0v) is 9.79. The predicted molar refractivity (Wildman–Crippen MR) is 58.0 cm³/mol. The van der Waals surface area contributed by atoms with Gasteiger partial charge in [0.1, 0.15) is 16.8 Å². The molecule has 5 nitrogen and oxygen atoms in total. The zero-order chi connectivity index (χ0) is 13.9. The van der Waals surface area contributed by atoms with Crippen molar-refractivity contribution in [3.05, 3.63) is 24.0 Å². The maximum Gasteiger partial charge on any atom is 0.265 e. The quantitative estimate of drug-likeness (QED) is 0.679. The summed E-state index contributed by atoms with van der Waals surface area (Å²) in [6.45, 7) is -0.922. The molecule has 0 aliphatic carbocycles. The highest BCUT2D eigenvalue weighted by Gasteiger charge is 2.23. The van der Waals surface area contributed by atoms with Crippen LogP contribution in [0, 0.1) is 5.82 Å². The average Bonchev–Trinajstić information content (AvgIpc) is 2.29. The molecule has 102 valence electrons. The molecule has 0 amide bonds. The number of sulfonamides is 1. The molecule has 0 aromatic heterocycles. The smallest absolute Gasteiger partial charge is 0.265 e. The van der Waals surface area contributed by atoms with Gasteiger partial charge in [-0.05, 0) is 18.2 Å². The largest absolute Gasteiger partial charge is 0.399 e. The number of nitrogens with two attached hydrogens (primary N) is 1. The van der Waals surface area contributed by atoms with Gasteiger partial charge in [-0.15, -0.1) is 0 Å². The zero-order valence-electron chi connectivity index (χ0n) is 8.98. The van der Waals surface area contributed by atoms with E-state index in [0.717, 1.165) is 18.2 Å². The fourth-order valence-electron chi connectivity index (χ4n) is 1.09. The molecule has 0 bridgehead atoms. The normalized spacial score (nSPS) is 13.8. The fourth-order valence-corrected chi connectivity index (χ4v) is 2.25. The molecule has 0 saturated carbocycles. The van der Waals surface area contributed by atoms with Crippen LogP contribution in [0.4, 0.5) is 18.9 Å². The van der Waals surface area contributed by atoms with E-state index in [1.165, 1.54) is 0 Å². The van der Waals surface area contributed by atoms with Crippen LogP contribution in [0.25, 0.3) is 0 Å². The lowest BCUT2D eigenvalue weighted by Gasteiger charge is -2.12. The van der Waals surface area contributed by atoms with Crippen LogP contribution in [0.5, 0.6) is 0 Å². The van der Waals surface area contributed by atoms with E-state index in [9.17, 15) is 21.6 Å². The van der Waals surface area contributed by atoms with Crippen LogP contribution in [0.15, 0.2) is 23.1 Å². The van der Waals surface area contributed by atoms with Gasteiger partial charge in [-0.1, -0.05) is 0 Å². The summed E-state index contributed by atoms with van der Waals surface area (Å²) in [5.41, 5.74) is 5.31. The predicted octanol–water partition coefficient (Wildman–Crippen LogP) is 0.312. The minimum absolute atomic E-state index is 0.00573. The Hall–Kier alpha value is -1.32. The van der Waals surface area contributed by atoms with E-state index in [1.54, 1.807) is 4.72 Å². The van der Waals surface area contributed by atoms with Gasteiger partial charge in [-0.3, -0.25) is 0 Å². The lowest BCUT2D eigenvalue weighted by molar-refractivity contribution is -0.000456. The van der Waals surface area contributed by atoms with E-state index in [4.69, 9.17) is 10.8 Å². The van der Waals surface area contributed by atoms with Crippen LogP contribution < -0.4 is 10.5 Å². The second kappa shape index (κ2) is 5.55. The summed E-state index contributed by atoms with van der Waals surface area (Å²) in [6.07, 6.45) is -5.26. The van der Waals surface area contributed by atoms with Gasteiger partial charge < -0.3 is 10.8 Å². The van der Waals surface area contributed by atoms with E-state index in [1.807, 2.05) is 0 Å². The van der Waals surface area contributed by atoms with Crippen molar-refractivity contribution in [2.45, 2.75) is 17.4 Å². The van der Waals surface area contributed by atoms with Gasteiger partial charge in [-0.25, -0.2) is 26.3 Å². The second-order valence-corrected chi connectivity index (χ2v) is 5.18. The van der Waals surface area contributed by atoms with Crippen LogP contribution in [0.3, 0.4) is 0 Å². The summed E-state index contributed by atoms with van der Waals surface area (Å²) >= 11 is 0. The molecule has 0 saturated heterocycles. The van der Waals surface area contributed by atoms with Crippen molar-refractivity contribution in [3.8, 4) is 0 Å². The van der Waals surface area contributed by atoms with Crippen molar-refractivity contribution in [1.82, 2.24) is 4.72 Å². The molecule has 1 atom stereocenters. The molecular formula is C9H11F3N2O3S. The molecule has 1 aromatic rings. The Bertz CT molecular complexity index is 522. The van der Waals surface area contributed by atoms with E-state index in [2.05, 4.69) is 0 Å². The molecule has 0 heterocycles. The standard InChI is InChI=1S/C9H11F3N2O3S/c10-6-2-1-5(13)3-8(6)18(16,17)14-4-7(15)9(11)12/h1-3,7,9,14-15H,4,13H2. The third-order valence-electron chi connectivity index (χ3n) is 2.02. The number of nitrogen functional groups attached to an aromatic ring is 1. The molecule has 0 aliphatic heterocycles. The Morgan fingerprint density at radius 1 is 1.39 bits per heavy atom. The monoisotopic (exact) mass is 284 g/mol. The third-order valence-corrected chi connectivity index (χ3v) is 3.46. The number of halogens is 3. The number of hydrogen-bond donors (Lipinski definition) is 3. The van der Waals surface area contributed by atoms with E-state index in [-0.39, 0.29) is 5.69 Å². The summed E-state index contributed by atoms with van der Waals surface area (Å²) in [5, 5.41) is 8.77. The SMILES string of the molecule is Nc1ccc(F)c(S(=O)(=O)NCC(O)C(F)F)c1. The summed E-state index contributed by atoms with van der Waals surface area (Å²) < 4.78 is 62.0. The number of nitrogens with one attached hydrogen (secondary N) is 1. The Morgan fingerprint density at radius 2 is 2.00 bits per heavy atom. The second-order valence-electron chi connectivity index (χ2n) is 3.44. The molecule has 0 aliphatic rings. The summed E-state index contributed by atoms with van der Waals surface area (Å²) in [5.74, 6) is -1.07. The van der Waals surface area contributed by atoms with Crippen LogP contribution in [-0.2, 0) is 10.0 Å². The first-order valence-corrected chi connectivity index (χ1v) is 6.23. The van der Waals surface area contributed by atoms with Crippen molar-refractivity contribution >= 4 is 15.7 Å². The van der Waals surface area contributed by atoms with Crippen molar-refractivity contribution in [2.75, 3.05) is 12.3 Å². The molecule has 1 aromatic carbocycles. The Kier molecular flexibility index (Phi) is 4.54. The lowest BCUT2D eigenvalue weighted by Crippen LogP contribution is -2.36. The van der Waals surface area contributed by atoms with Gasteiger partial charge in [0.15, 0.2) is 0 Å². The Morgan fingerprint density at radius 3 is 2.56 bits per heavy atom. The van der Waals surface area contributed by atoms with Crippen molar-refractivity contribution < 1.29 is 26.7 Å². The van der Waals surface area contributed by atoms with Crippen LogP contribution >= 0.6 is 0 Å². The number of aliphatic hydroxyl groups is 1. The highest BCUT2D eigenvalue weighted by atomic mass is 32.2. The van der Waals surface area contributed by atoms with E-state index in [0.29, 0.717) is 0 Å². The minimum atomic E-state index is -4.34. The number of anilines is 1. The van der Waals surface area contributed by atoms with E-state index < -0.39 is 39.8 Å². The number of aliphatic hydroxyl groups excluding tert-OH is 1. The maximum atomic E-state index is 13.3.